The van der Waals surface area contributed by atoms with Gasteiger partial charge in [0.1, 0.15) is 21.2 Å². The van der Waals surface area contributed by atoms with Crippen LogP contribution >= 0.6 is 23.2 Å². The molecule has 17 nitrogen and oxygen atoms in total. The number of imidazole rings is 2. The van der Waals surface area contributed by atoms with Crippen molar-refractivity contribution in [2.24, 2.45) is 34.6 Å². The van der Waals surface area contributed by atoms with E-state index in [1.807, 2.05) is 11.9 Å². The molecule has 22 heteroatoms. The van der Waals surface area contributed by atoms with Crippen LogP contribution in [0.5, 0.6) is 0 Å². The predicted molar refractivity (Wildman–Crippen MR) is 247 cm³/mol. The number of benzene rings is 4. The molecular formula is C43H46Cl2N10NiO7S2. The second-order valence-electron chi connectivity index (χ2n) is 17.0. The third-order valence-electron chi connectivity index (χ3n) is 12.2. The zero-order valence-electron chi connectivity index (χ0n) is 36.3. The standard InChI is InChI=1S/C24H27N5O4S.C19H19Cl2N5O3S.Ni/c1-14(30)15-7-8-18-20(12-15)28(4)23(25-18)27-26-19-13-17-21-16(22(19)34(31,32)33)6-5-10-29(21)11-9-24(17,2)3;1-25-6-4-3-5-11-7-15(18(10-16(11)25)30(27,28)29)23-24-19-22-14-8-12(20)13(21)9-17(14)26(19)2;/h7-8,12-13H,5-6,9-11H2,1-4H3,(H,31,32,33);7-10H,3-6H2,1-2H3,(H,27,28,29);. The molecular weight excluding hydrogens is 962 g/mol. The van der Waals surface area contributed by atoms with Crippen molar-refractivity contribution >= 4 is 106 Å². The predicted octanol–water partition coefficient (Wildman–Crippen LogP) is 10.2. The maximum atomic E-state index is 12.5. The van der Waals surface area contributed by atoms with Gasteiger partial charge in [-0.15, -0.1) is 20.5 Å². The van der Waals surface area contributed by atoms with Gasteiger partial charge in [0.05, 0.1) is 32.1 Å². The fraction of sp³-hybridized carbons (Fsp3) is 0.372. The van der Waals surface area contributed by atoms with E-state index in [1.165, 1.54) is 13.0 Å². The quantitative estimate of drug-likeness (QED) is 0.0663. The molecule has 346 valence electrons. The van der Waals surface area contributed by atoms with Crippen LogP contribution in [0.25, 0.3) is 22.1 Å². The van der Waals surface area contributed by atoms with Crippen LogP contribution in [0.4, 0.5) is 34.6 Å². The molecule has 0 spiro atoms. The van der Waals surface area contributed by atoms with Gasteiger partial charge in [0.15, 0.2) is 5.78 Å². The summed E-state index contributed by atoms with van der Waals surface area (Å²) in [5.74, 6) is 0.463. The summed E-state index contributed by atoms with van der Waals surface area (Å²) >= 11 is 12.1. The Morgan fingerprint density at radius 3 is 2.05 bits per heavy atom. The number of aromatic nitrogens is 4. The second kappa shape index (κ2) is 18.1. The Kier molecular flexibility index (Phi) is 13.4. The molecule has 0 fully saturated rings. The summed E-state index contributed by atoms with van der Waals surface area (Å²) in [5.41, 5.74) is 7.50. The van der Waals surface area contributed by atoms with Crippen LogP contribution in [-0.2, 0) is 69.1 Å². The first-order chi connectivity index (χ1) is 30.1. The molecule has 3 aliphatic rings. The molecule has 2 N–H and O–H groups in total. The number of carbonyl (C=O) groups is 1. The van der Waals surface area contributed by atoms with Crippen molar-refractivity contribution in [1.29, 1.82) is 0 Å². The van der Waals surface area contributed by atoms with Gasteiger partial charge in [0.2, 0.25) is 11.9 Å². The van der Waals surface area contributed by atoms with Gasteiger partial charge in [-0.1, -0.05) is 37.0 Å². The third kappa shape index (κ3) is 9.44. The molecule has 3 aliphatic heterocycles. The molecule has 0 atom stereocenters. The van der Waals surface area contributed by atoms with E-state index in [0.717, 1.165) is 74.2 Å². The first-order valence-corrected chi connectivity index (χ1v) is 24.2. The maximum Gasteiger partial charge on any atom is 0.297 e. The van der Waals surface area contributed by atoms with Crippen molar-refractivity contribution < 1.29 is 47.2 Å². The first-order valence-electron chi connectivity index (χ1n) is 20.5. The Morgan fingerprint density at radius 2 is 1.38 bits per heavy atom. The van der Waals surface area contributed by atoms with Gasteiger partial charge in [0, 0.05) is 74.2 Å². The van der Waals surface area contributed by atoms with E-state index in [2.05, 4.69) is 49.2 Å². The number of fused-ring (bicyclic) bond motifs is 3. The van der Waals surface area contributed by atoms with Crippen molar-refractivity contribution in [1.82, 2.24) is 19.1 Å². The fourth-order valence-electron chi connectivity index (χ4n) is 8.67. The molecule has 6 aromatic rings. The number of halogens is 2. The normalized spacial score (nSPS) is 16.0. The number of nitrogens with zero attached hydrogens (tertiary/aromatic N) is 10. The van der Waals surface area contributed by atoms with Crippen LogP contribution in [-0.4, -0.2) is 77.5 Å². The fourth-order valence-corrected chi connectivity index (χ4v) is 10.5. The Morgan fingerprint density at radius 1 is 0.738 bits per heavy atom. The second-order valence-corrected chi connectivity index (χ2v) is 20.5. The monoisotopic (exact) mass is 1010 g/mol. The molecule has 5 heterocycles. The number of Topliss-reactive ketones (excluding diaryl/α,β-unsaturated/α-hetero) is 1. The molecule has 65 heavy (non-hydrogen) atoms. The number of rotatable bonds is 7. The molecule has 4 aromatic carbocycles. The van der Waals surface area contributed by atoms with Gasteiger partial charge in [-0.3, -0.25) is 13.9 Å². The third-order valence-corrected chi connectivity index (χ3v) is 14.8. The Hall–Kier alpha value is -4.82. The van der Waals surface area contributed by atoms with E-state index in [-0.39, 0.29) is 60.8 Å². The van der Waals surface area contributed by atoms with Crippen molar-refractivity contribution in [2.45, 2.75) is 74.5 Å². The van der Waals surface area contributed by atoms with E-state index in [1.54, 1.807) is 65.7 Å². The van der Waals surface area contributed by atoms with Crippen molar-refractivity contribution in [3.05, 3.63) is 80.8 Å². The summed E-state index contributed by atoms with van der Waals surface area (Å²) in [7, 11) is -3.63. The van der Waals surface area contributed by atoms with Crippen LogP contribution in [0.2, 0.25) is 10.0 Å². The minimum atomic E-state index is -4.54. The van der Waals surface area contributed by atoms with Gasteiger partial charge < -0.3 is 18.9 Å². The molecule has 2 aromatic heterocycles. The number of ketones is 1. The zero-order valence-corrected chi connectivity index (χ0v) is 40.4. The van der Waals surface area contributed by atoms with Crippen LogP contribution in [0.15, 0.2) is 78.8 Å². The number of anilines is 2. The molecule has 0 saturated carbocycles. The molecule has 0 radical (unpaired) electrons. The van der Waals surface area contributed by atoms with Crippen molar-refractivity contribution in [3.63, 3.8) is 0 Å². The SMILES string of the molecule is CC(=O)c1ccc2nc(N=Nc3cc4c5c(c3S(=O)(=O)O)CCCN5CCC4(C)C)n(C)c2c1.CN1CCCCc2cc(N=Nc3nc4cc(Cl)c(Cl)cc4n3C)c(S(=O)(=O)O)cc21.[Ni]. The number of hydrogen-bond donors (Lipinski definition) is 2. The number of azo groups is 2. The van der Waals surface area contributed by atoms with E-state index in [4.69, 9.17) is 23.2 Å². The smallest absolute Gasteiger partial charge is 0.297 e. The summed E-state index contributed by atoms with van der Waals surface area (Å²) in [4.78, 5) is 24.3. The first kappa shape index (κ1) is 48.1. The van der Waals surface area contributed by atoms with Crippen molar-refractivity contribution in [3.8, 4) is 0 Å². The van der Waals surface area contributed by atoms with Crippen molar-refractivity contribution in [2.75, 3.05) is 36.5 Å². The van der Waals surface area contributed by atoms with E-state index < -0.39 is 20.2 Å². The van der Waals surface area contributed by atoms with E-state index in [9.17, 15) is 30.7 Å². The molecule has 0 unspecified atom stereocenters. The maximum absolute atomic E-state index is 12.5. The molecule has 0 amide bonds. The van der Waals surface area contributed by atoms with Crippen LogP contribution in [0.1, 0.15) is 73.5 Å². The average Bonchev–Trinajstić information content (AvgIpc) is 3.63. The van der Waals surface area contributed by atoms with Gasteiger partial charge in [0.25, 0.3) is 20.2 Å². The minimum absolute atomic E-state index is 0. The van der Waals surface area contributed by atoms with Crippen LogP contribution < -0.4 is 9.80 Å². The Balaban J connectivity index is 0.000000192. The summed E-state index contributed by atoms with van der Waals surface area (Å²) in [6, 6.07) is 13.4. The summed E-state index contributed by atoms with van der Waals surface area (Å²) in [6.07, 6.45) is 5.05. The topological polar surface area (TPSA) is 217 Å². The van der Waals surface area contributed by atoms with Crippen LogP contribution in [0.3, 0.4) is 0 Å². The van der Waals surface area contributed by atoms with Gasteiger partial charge >= 0.3 is 0 Å². The number of aryl methyl sites for hydroxylation is 3. The number of hydrogen-bond acceptors (Lipinski definition) is 13. The molecule has 9 rings (SSSR count). The summed E-state index contributed by atoms with van der Waals surface area (Å²) in [6.45, 7) is 8.30. The van der Waals surface area contributed by atoms with Gasteiger partial charge in [-0.05, 0) is 116 Å². The molecule has 0 saturated heterocycles. The minimum Gasteiger partial charge on any atom is -0.374 e. The molecule has 0 aliphatic carbocycles. The zero-order chi connectivity index (χ0) is 46.0. The average molecular weight is 1010 g/mol. The largest absolute Gasteiger partial charge is 0.374 e. The Labute approximate surface area is 396 Å². The molecule has 0 bridgehead atoms. The van der Waals surface area contributed by atoms with E-state index >= 15 is 0 Å². The summed E-state index contributed by atoms with van der Waals surface area (Å²) < 4.78 is 72.4. The number of carbonyl (C=O) groups excluding carboxylic acids is 1. The van der Waals surface area contributed by atoms with Crippen LogP contribution in [0, 0.1) is 0 Å². The van der Waals surface area contributed by atoms with E-state index in [0.29, 0.717) is 49.7 Å². The summed E-state index contributed by atoms with van der Waals surface area (Å²) in [5, 5.41) is 17.6. The Bertz CT molecular complexity index is 3210. The van der Waals surface area contributed by atoms with Gasteiger partial charge in [-0.2, -0.15) is 16.8 Å². The van der Waals surface area contributed by atoms with Gasteiger partial charge in [-0.25, -0.2) is 9.97 Å².